The lowest BCUT2D eigenvalue weighted by molar-refractivity contribution is -0.126. The maximum Gasteiger partial charge on any atom is 0.172 e. The van der Waals surface area contributed by atoms with Crippen LogP contribution >= 0.6 is 0 Å². The van der Waals surface area contributed by atoms with Gasteiger partial charge in [-0.05, 0) is 61.8 Å². The second-order valence-corrected chi connectivity index (χ2v) is 9.99. The molecule has 7 nitrogen and oxygen atoms in total. The Kier molecular flexibility index (Phi) is 5.44. The summed E-state index contributed by atoms with van der Waals surface area (Å²) in [5, 5.41) is 0. The van der Waals surface area contributed by atoms with Gasteiger partial charge in [-0.3, -0.25) is 24.6 Å². The SMILES string of the molecule is CN(C)CC1CCc2cc3c4cncc-4cc2C1=NCC/C1=C/C2C(=O)CC(=O)C3=C2N=CCO1. The zero-order valence-corrected chi connectivity index (χ0v) is 20.1. The van der Waals surface area contributed by atoms with Crippen molar-refractivity contribution in [3.05, 3.63) is 58.7 Å². The molecule has 0 N–H and O–H groups in total. The molecule has 178 valence electrons. The number of nitrogens with zero attached hydrogens (tertiary/aromatic N) is 4. The van der Waals surface area contributed by atoms with Gasteiger partial charge in [0.2, 0.25) is 0 Å². The summed E-state index contributed by atoms with van der Waals surface area (Å²) in [5.41, 5.74) is 7.17. The molecule has 2 atom stereocenters. The Morgan fingerprint density at radius 1 is 1.09 bits per heavy atom. The van der Waals surface area contributed by atoms with E-state index in [1.54, 1.807) is 6.21 Å². The van der Waals surface area contributed by atoms with Gasteiger partial charge in [0.05, 0.1) is 23.8 Å². The van der Waals surface area contributed by atoms with E-state index in [2.05, 4.69) is 41.1 Å². The third-order valence-electron chi connectivity index (χ3n) is 7.34. The predicted octanol–water partition coefficient (Wildman–Crippen LogP) is 3.36. The van der Waals surface area contributed by atoms with Crippen molar-refractivity contribution in [1.82, 2.24) is 9.88 Å². The minimum Gasteiger partial charge on any atom is -0.493 e. The summed E-state index contributed by atoms with van der Waals surface area (Å²) < 4.78 is 5.94. The van der Waals surface area contributed by atoms with Crippen LogP contribution in [-0.4, -0.2) is 67.2 Å². The van der Waals surface area contributed by atoms with Crippen molar-refractivity contribution in [1.29, 1.82) is 0 Å². The van der Waals surface area contributed by atoms with E-state index in [9.17, 15) is 9.59 Å². The number of ketones is 2. The Morgan fingerprint density at radius 2 is 1.97 bits per heavy atom. The Bertz CT molecular complexity index is 1330. The van der Waals surface area contributed by atoms with Crippen LogP contribution in [0.4, 0.5) is 0 Å². The molecule has 3 aliphatic heterocycles. The van der Waals surface area contributed by atoms with Gasteiger partial charge in [-0.15, -0.1) is 0 Å². The largest absolute Gasteiger partial charge is 0.493 e. The highest BCUT2D eigenvalue weighted by Gasteiger charge is 2.37. The molecule has 0 saturated heterocycles. The van der Waals surface area contributed by atoms with Gasteiger partial charge >= 0.3 is 0 Å². The molecule has 0 saturated carbocycles. The zero-order chi connectivity index (χ0) is 24.1. The summed E-state index contributed by atoms with van der Waals surface area (Å²) >= 11 is 0. The second-order valence-electron chi connectivity index (χ2n) is 9.99. The number of allylic oxidation sites excluding steroid dienone is 2. The smallest absolute Gasteiger partial charge is 0.172 e. The van der Waals surface area contributed by atoms with Gasteiger partial charge in [-0.1, -0.05) is 0 Å². The maximum atomic E-state index is 13.4. The van der Waals surface area contributed by atoms with Gasteiger partial charge in [0.1, 0.15) is 6.61 Å². The van der Waals surface area contributed by atoms with Gasteiger partial charge in [-0.25, -0.2) is 0 Å². The van der Waals surface area contributed by atoms with E-state index in [0.717, 1.165) is 53.1 Å². The van der Waals surface area contributed by atoms with E-state index >= 15 is 0 Å². The first-order chi connectivity index (χ1) is 17.0. The molecular weight excluding hydrogens is 440 g/mol. The number of hydrogen-bond acceptors (Lipinski definition) is 7. The molecule has 7 heteroatoms. The minimum atomic E-state index is -0.600. The number of aliphatic imine (C=N–C) groups is 2. The van der Waals surface area contributed by atoms with Crippen molar-refractivity contribution in [2.45, 2.75) is 25.7 Å². The summed E-state index contributed by atoms with van der Waals surface area (Å²) in [5.74, 6) is 0.133. The number of rotatable bonds is 2. The molecule has 0 radical (unpaired) electrons. The first kappa shape index (κ1) is 22.0. The molecule has 8 bridgehead atoms. The standard InChI is InChI=1S/C28H28N4O3/c1-32(2)15-17-4-3-16-9-21-23-14-29-13-18(23)10-20(16)27(17)30-6-5-19-11-22-24(33)12-25(34)26(21)28(22)31-7-8-35-19/h7,9-11,13-14,17,22H,3-6,8,12,15H2,1-2H3/b19-11-,30-27?,31-7?. The Hall–Kier alpha value is -3.45. The molecule has 3 heterocycles. The van der Waals surface area contributed by atoms with Crippen molar-refractivity contribution in [3.8, 4) is 11.1 Å². The lowest BCUT2D eigenvalue weighted by Gasteiger charge is -2.28. The van der Waals surface area contributed by atoms with Gasteiger partial charge in [0.15, 0.2) is 11.6 Å². The first-order valence-corrected chi connectivity index (χ1v) is 12.3. The summed E-state index contributed by atoms with van der Waals surface area (Å²) in [6.45, 7) is 1.78. The van der Waals surface area contributed by atoms with Crippen molar-refractivity contribution >= 4 is 29.1 Å². The highest BCUT2D eigenvalue weighted by atomic mass is 16.5. The van der Waals surface area contributed by atoms with E-state index in [1.165, 1.54) is 5.56 Å². The molecule has 3 aliphatic carbocycles. The fourth-order valence-electron chi connectivity index (χ4n) is 5.79. The number of aromatic nitrogens is 1. The normalized spacial score (nSPS) is 25.3. The average Bonchev–Trinajstić information content (AvgIpc) is 3.19. The van der Waals surface area contributed by atoms with E-state index in [0.29, 0.717) is 36.8 Å². The number of hydrogen-bond donors (Lipinski definition) is 0. The van der Waals surface area contributed by atoms with E-state index < -0.39 is 5.92 Å². The zero-order valence-electron chi connectivity index (χ0n) is 20.1. The fraction of sp³-hybridized carbons (Fsp3) is 0.393. The number of carbonyl (C=O) groups excluding carboxylic acids is 2. The van der Waals surface area contributed by atoms with Crippen molar-refractivity contribution < 1.29 is 14.3 Å². The molecule has 6 rings (SSSR count). The molecule has 6 aliphatic rings. The summed E-state index contributed by atoms with van der Waals surface area (Å²) in [7, 11) is 4.19. The second kappa shape index (κ2) is 8.64. The quantitative estimate of drug-likeness (QED) is 0.631. The van der Waals surface area contributed by atoms with Crippen LogP contribution in [0.5, 0.6) is 0 Å². The van der Waals surface area contributed by atoms with Gasteiger partial charge in [-0.2, -0.15) is 0 Å². The molecule has 0 aromatic rings. The van der Waals surface area contributed by atoms with E-state index in [1.807, 2.05) is 18.5 Å². The summed E-state index contributed by atoms with van der Waals surface area (Å²) in [4.78, 5) is 42.9. The summed E-state index contributed by atoms with van der Waals surface area (Å²) in [6, 6.07) is 4.33. The number of ether oxygens (including phenoxy) is 1. The van der Waals surface area contributed by atoms with Crippen LogP contribution in [-0.2, 0) is 20.7 Å². The predicted molar refractivity (Wildman–Crippen MR) is 135 cm³/mol. The van der Waals surface area contributed by atoms with Crippen molar-refractivity contribution in [2.75, 3.05) is 33.8 Å². The minimum absolute atomic E-state index is 0.133. The molecule has 0 fully saturated rings. The Morgan fingerprint density at radius 3 is 2.83 bits per heavy atom. The molecular formula is C28H28N4O3. The number of fused-ring (bicyclic) bond motifs is 4. The Labute approximate surface area is 204 Å². The molecule has 35 heavy (non-hydrogen) atoms. The lowest BCUT2D eigenvalue weighted by Crippen LogP contribution is -2.32. The third-order valence-corrected chi connectivity index (χ3v) is 7.34. The highest BCUT2D eigenvalue weighted by Crippen LogP contribution is 2.42. The maximum absolute atomic E-state index is 13.4. The molecule has 2 unspecified atom stereocenters. The van der Waals surface area contributed by atoms with Crippen LogP contribution in [0.15, 0.2) is 52.0 Å². The lowest BCUT2D eigenvalue weighted by atomic mass is 9.80. The van der Waals surface area contributed by atoms with Gasteiger partial charge in [0, 0.05) is 66.4 Å². The first-order valence-electron chi connectivity index (χ1n) is 12.3. The number of carbonyl (C=O) groups is 2. The van der Waals surface area contributed by atoms with Crippen LogP contribution < -0.4 is 0 Å². The van der Waals surface area contributed by atoms with Crippen LogP contribution in [0.2, 0.25) is 0 Å². The van der Waals surface area contributed by atoms with Crippen LogP contribution in [0.1, 0.15) is 36.0 Å². The third kappa shape index (κ3) is 3.84. The molecule has 0 aromatic heterocycles. The average molecular weight is 469 g/mol. The molecule has 0 amide bonds. The van der Waals surface area contributed by atoms with Crippen molar-refractivity contribution in [3.63, 3.8) is 0 Å². The van der Waals surface area contributed by atoms with E-state index in [-0.39, 0.29) is 18.0 Å². The topological polar surface area (TPSA) is 84.2 Å². The summed E-state index contributed by atoms with van der Waals surface area (Å²) in [6.07, 6.45) is 9.56. The highest BCUT2D eigenvalue weighted by molar-refractivity contribution is 6.31. The van der Waals surface area contributed by atoms with Crippen LogP contribution in [0.3, 0.4) is 0 Å². The number of aryl methyl sites for hydroxylation is 1. The number of Topliss-reactive ketones (excluding diaryl/α,β-unsaturated/α-hetero) is 2. The Balaban J connectivity index is 1.68. The molecule has 0 aromatic carbocycles. The van der Waals surface area contributed by atoms with E-state index in [4.69, 9.17) is 9.73 Å². The van der Waals surface area contributed by atoms with Crippen LogP contribution in [0, 0.1) is 11.8 Å². The molecule has 0 spiro atoms. The fourth-order valence-corrected chi connectivity index (χ4v) is 5.79. The van der Waals surface area contributed by atoms with Crippen molar-refractivity contribution in [2.24, 2.45) is 21.8 Å². The van der Waals surface area contributed by atoms with Crippen LogP contribution in [0.25, 0.3) is 16.7 Å². The monoisotopic (exact) mass is 468 g/mol. The van der Waals surface area contributed by atoms with Gasteiger partial charge in [0.25, 0.3) is 0 Å². The van der Waals surface area contributed by atoms with Gasteiger partial charge < -0.3 is 9.64 Å².